The van der Waals surface area contributed by atoms with Crippen LogP contribution in [0.1, 0.15) is 44.6 Å². The van der Waals surface area contributed by atoms with Crippen molar-refractivity contribution in [1.29, 1.82) is 0 Å². The lowest BCUT2D eigenvalue weighted by Crippen LogP contribution is -2.47. The largest absolute Gasteiger partial charge is 0.493 e. The third-order valence-corrected chi connectivity index (χ3v) is 4.31. The van der Waals surface area contributed by atoms with Gasteiger partial charge < -0.3 is 15.0 Å². The van der Waals surface area contributed by atoms with Gasteiger partial charge in [0, 0.05) is 19.1 Å². The topological polar surface area (TPSA) is 41.6 Å². The Labute approximate surface area is 133 Å². The second-order valence-electron chi connectivity index (χ2n) is 6.29. The molecule has 1 heterocycles. The zero-order valence-electron chi connectivity index (χ0n) is 14.0. The van der Waals surface area contributed by atoms with Gasteiger partial charge in [0.2, 0.25) is 5.91 Å². The van der Waals surface area contributed by atoms with Crippen molar-refractivity contribution >= 4 is 5.91 Å². The Morgan fingerprint density at radius 3 is 2.73 bits per heavy atom. The summed E-state index contributed by atoms with van der Waals surface area (Å²) in [5.41, 5.74) is 1.30. The highest BCUT2D eigenvalue weighted by molar-refractivity contribution is 5.76. The van der Waals surface area contributed by atoms with Crippen LogP contribution in [-0.2, 0) is 4.79 Å². The number of nitrogens with one attached hydrogen (secondary N) is 1. The average Bonchev–Trinajstić information content (AvgIpc) is 2.55. The van der Waals surface area contributed by atoms with Gasteiger partial charge in [-0.1, -0.05) is 26.0 Å². The van der Waals surface area contributed by atoms with E-state index >= 15 is 0 Å². The van der Waals surface area contributed by atoms with E-state index in [0.717, 1.165) is 31.7 Å². The maximum atomic E-state index is 12.2. The molecule has 0 saturated carbocycles. The highest BCUT2D eigenvalue weighted by Gasteiger charge is 2.22. The van der Waals surface area contributed by atoms with E-state index in [0.29, 0.717) is 25.0 Å². The summed E-state index contributed by atoms with van der Waals surface area (Å²) in [6.07, 6.45) is 2.68. The van der Waals surface area contributed by atoms with Crippen LogP contribution in [0.25, 0.3) is 0 Å². The van der Waals surface area contributed by atoms with Crippen LogP contribution >= 0.6 is 0 Å². The zero-order chi connectivity index (χ0) is 15.9. The van der Waals surface area contributed by atoms with E-state index in [4.69, 9.17) is 4.74 Å². The molecule has 4 nitrogen and oxygen atoms in total. The van der Waals surface area contributed by atoms with Crippen molar-refractivity contribution in [3.05, 3.63) is 29.8 Å². The van der Waals surface area contributed by atoms with Gasteiger partial charge in [0.15, 0.2) is 0 Å². The Morgan fingerprint density at radius 1 is 1.36 bits per heavy atom. The normalized spacial score (nSPS) is 18.5. The number of hydrogen-bond donors (Lipinski definition) is 1. The van der Waals surface area contributed by atoms with Crippen molar-refractivity contribution < 1.29 is 9.53 Å². The number of carbonyl (C=O) groups is 1. The summed E-state index contributed by atoms with van der Waals surface area (Å²) >= 11 is 0. The lowest BCUT2D eigenvalue weighted by molar-refractivity contribution is -0.133. The van der Waals surface area contributed by atoms with Crippen LogP contribution in [0.2, 0.25) is 0 Å². The van der Waals surface area contributed by atoms with E-state index in [9.17, 15) is 4.79 Å². The summed E-state index contributed by atoms with van der Waals surface area (Å²) in [4.78, 5) is 14.2. The first kappa shape index (κ1) is 16.8. The van der Waals surface area contributed by atoms with E-state index in [1.807, 2.05) is 24.1 Å². The molecule has 1 aromatic carbocycles. The van der Waals surface area contributed by atoms with E-state index in [-0.39, 0.29) is 5.91 Å². The molecule has 1 saturated heterocycles. The van der Waals surface area contributed by atoms with Crippen LogP contribution in [-0.4, -0.2) is 43.6 Å². The average molecular weight is 304 g/mol. The zero-order valence-corrected chi connectivity index (χ0v) is 14.0. The van der Waals surface area contributed by atoms with Crippen molar-refractivity contribution in [2.24, 2.45) is 0 Å². The van der Waals surface area contributed by atoms with E-state index < -0.39 is 0 Å². The van der Waals surface area contributed by atoms with Crippen molar-refractivity contribution in [1.82, 2.24) is 10.2 Å². The molecule has 1 aromatic rings. The van der Waals surface area contributed by atoms with Gasteiger partial charge in [-0.3, -0.25) is 4.79 Å². The van der Waals surface area contributed by atoms with E-state index in [1.54, 1.807) is 0 Å². The van der Waals surface area contributed by atoms with Crippen LogP contribution in [0.15, 0.2) is 24.3 Å². The fourth-order valence-electron chi connectivity index (χ4n) is 2.80. The number of likely N-dealkylation sites (tertiary alicyclic amines) is 1. The highest BCUT2D eigenvalue weighted by atomic mass is 16.5. The smallest absolute Gasteiger partial charge is 0.226 e. The summed E-state index contributed by atoms with van der Waals surface area (Å²) in [5, 5.41) is 3.26. The predicted molar refractivity (Wildman–Crippen MR) is 89.3 cm³/mol. The van der Waals surface area contributed by atoms with Gasteiger partial charge in [-0.15, -0.1) is 0 Å². The molecule has 1 aliphatic heterocycles. The van der Waals surface area contributed by atoms with Crippen molar-refractivity contribution in [2.75, 3.05) is 26.7 Å². The van der Waals surface area contributed by atoms with Crippen LogP contribution in [0, 0.1) is 0 Å². The Bertz CT molecular complexity index is 470. The monoisotopic (exact) mass is 304 g/mol. The summed E-state index contributed by atoms with van der Waals surface area (Å²) in [7, 11) is 1.96. The number of nitrogens with zero attached hydrogens (tertiary/aromatic N) is 1. The minimum absolute atomic E-state index is 0.193. The second-order valence-corrected chi connectivity index (χ2v) is 6.29. The van der Waals surface area contributed by atoms with Crippen molar-refractivity contribution in [3.8, 4) is 5.75 Å². The number of carbonyl (C=O) groups excluding carboxylic acids is 1. The van der Waals surface area contributed by atoms with Crippen LogP contribution in [0.3, 0.4) is 0 Å². The van der Waals surface area contributed by atoms with Crippen LogP contribution in [0.5, 0.6) is 5.75 Å². The number of benzene rings is 1. The first-order valence-electron chi connectivity index (χ1n) is 8.28. The number of piperidine rings is 1. The minimum Gasteiger partial charge on any atom is -0.493 e. The third-order valence-electron chi connectivity index (χ3n) is 4.31. The number of rotatable bonds is 6. The lowest BCUT2D eigenvalue weighted by Gasteiger charge is -2.32. The molecule has 22 heavy (non-hydrogen) atoms. The molecule has 0 spiro atoms. The Morgan fingerprint density at radius 2 is 2.09 bits per heavy atom. The number of likely N-dealkylation sites (N-methyl/N-ethyl adjacent to an activating group) is 1. The van der Waals surface area contributed by atoms with Crippen molar-refractivity contribution in [3.63, 3.8) is 0 Å². The Kier molecular flexibility index (Phi) is 6.25. The van der Waals surface area contributed by atoms with Gasteiger partial charge in [-0.2, -0.15) is 0 Å². The predicted octanol–water partition coefficient (Wildman–Crippen LogP) is 2.79. The molecule has 0 aromatic heterocycles. The van der Waals surface area contributed by atoms with Gasteiger partial charge in [-0.05, 0) is 43.5 Å². The van der Waals surface area contributed by atoms with Gasteiger partial charge >= 0.3 is 0 Å². The molecular formula is C18H28N2O2. The molecule has 0 bridgehead atoms. The molecule has 1 fully saturated rings. The highest BCUT2D eigenvalue weighted by Crippen LogP contribution is 2.19. The molecule has 2 rings (SSSR count). The maximum absolute atomic E-state index is 12.2. The van der Waals surface area contributed by atoms with E-state index in [2.05, 4.69) is 31.3 Å². The lowest BCUT2D eigenvalue weighted by atomic mass is 10.0. The molecule has 1 aliphatic rings. The Balaban J connectivity index is 1.74. The van der Waals surface area contributed by atoms with Crippen LogP contribution in [0.4, 0.5) is 0 Å². The number of ether oxygens (including phenoxy) is 1. The fraction of sp³-hybridized carbons (Fsp3) is 0.611. The summed E-state index contributed by atoms with van der Waals surface area (Å²) in [6.45, 7) is 6.48. The molecule has 0 aliphatic carbocycles. The Hall–Kier alpha value is -1.55. The van der Waals surface area contributed by atoms with Gasteiger partial charge in [-0.25, -0.2) is 0 Å². The molecule has 1 unspecified atom stereocenters. The summed E-state index contributed by atoms with van der Waals surface area (Å²) in [5.74, 6) is 1.55. The molecule has 1 N–H and O–H groups in total. The molecule has 4 heteroatoms. The molecule has 0 radical (unpaired) electrons. The molecule has 1 atom stereocenters. The summed E-state index contributed by atoms with van der Waals surface area (Å²) < 4.78 is 5.69. The van der Waals surface area contributed by atoms with Gasteiger partial charge in [0.05, 0.1) is 13.0 Å². The molecule has 1 amide bonds. The van der Waals surface area contributed by atoms with Gasteiger partial charge in [0.1, 0.15) is 5.75 Å². The minimum atomic E-state index is 0.193. The van der Waals surface area contributed by atoms with Crippen molar-refractivity contribution in [2.45, 2.75) is 45.1 Å². The first-order valence-corrected chi connectivity index (χ1v) is 8.28. The molecular weight excluding hydrogens is 276 g/mol. The quantitative estimate of drug-likeness (QED) is 0.878. The summed E-state index contributed by atoms with van der Waals surface area (Å²) in [6, 6.07) is 8.57. The number of hydrogen-bond acceptors (Lipinski definition) is 3. The second kappa shape index (κ2) is 8.18. The SMILES string of the molecule is CNC1CCCN(C(=O)CCOc2ccc(C(C)C)cc2)C1. The van der Waals surface area contributed by atoms with Gasteiger partial charge in [0.25, 0.3) is 0 Å². The van der Waals surface area contributed by atoms with Crippen LogP contribution < -0.4 is 10.1 Å². The number of amides is 1. The molecule has 122 valence electrons. The third kappa shape index (κ3) is 4.73. The fourth-order valence-corrected chi connectivity index (χ4v) is 2.80. The van der Waals surface area contributed by atoms with E-state index in [1.165, 1.54) is 5.56 Å². The maximum Gasteiger partial charge on any atom is 0.226 e. The first-order chi connectivity index (χ1) is 10.6. The standard InChI is InChI=1S/C18H28N2O2/c1-14(2)15-6-8-17(9-7-15)22-12-10-18(21)20-11-4-5-16(13-20)19-3/h6-9,14,16,19H,4-5,10-13H2,1-3H3.